The van der Waals surface area contributed by atoms with E-state index in [0.29, 0.717) is 18.2 Å². The topological polar surface area (TPSA) is 56.5 Å². The summed E-state index contributed by atoms with van der Waals surface area (Å²) in [5.41, 5.74) is 3.81. The van der Waals surface area contributed by atoms with E-state index in [2.05, 4.69) is 5.43 Å². The van der Waals surface area contributed by atoms with Gasteiger partial charge in [0, 0.05) is 11.3 Å². The lowest BCUT2D eigenvalue weighted by molar-refractivity contribution is 0.297. The maximum absolute atomic E-state index is 6.19. The zero-order valence-corrected chi connectivity index (χ0v) is 12.3. The van der Waals surface area contributed by atoms with Crippen molar-refractivity contribution in [1.82, 2.24) is 5.43 Å². The molecule has 0 spiro atoms. The Kier molecular flexibility index (Phi) is 4.12. The summed E-state index contributed by atoms with van der Waals surface area (Å²) in [4.78, 5) is 0.989. The Hall–Kier alpha value is -1.27. The van der Waals surface area contributed by atoms with Crippen LogP contribution < -0.4 is 20.7 Å². The number of hydrogen-bond donors (Lipinski definition) is 2. The van der Waals surface area contributed by atoms with Crippen molar-refractivity contribution >= 4 is 22.9 Å². The molecule has 0 bridgehead atoms. The van der Waals surface area contributed by atoms with Crippen LogP contribution in [0.25, 0.3) is 0 Å². The van der Waals surface area contributed by atoms with Gasteiger partial charge in [-0.2, -0.15) is 0 Å². The van der Waals surface area contributed by atoms with E-state index in [-0.39, 0.29) is 6.04 Å². The second-order valence-corrected chi connectivity index (χ2v) is 5.84. The number of nitrogens with two attached hydrogens (primary N) is 1. The molecule has 0 saturated carbocycles. The predicted octanol–water partition coefficient (Wildman–Crippen LogP) is 3.12. The van der Waals surface area contributed by atoms with Crippen LogP contribution in [-0.2, 0) is 0 Å². The summed E-state index contributed by atoms with van der Waals surface area (Å²) < 4.78 is 11.3. The van der Waals surface area contributed by atoms with Gasteiger partial charge in [0.05, 0.1) is 24.3 Å². The lowest BCUT2D eigenvalue weighted by Gasteiger charge is -2.17. The molecule has 1 aliphatic heterocycles. The fourth-order valence-corrected chi connectivity index (χ4v) is 3.45. The summed E-state index contributed by atoms with van der Waals surface area (Å²) in [5.74, 6) is 7.23. The largest absolute Gasteiger partial charge is 0.490 e. The van der Waals surface area contributed by atoms with Gasteiger partial charge in [0.1, 0.15) is 0 Å². The summed E-state index contributed by atoms with van der Waals surface area (Å²) in [6.45, 7) is 1.35. The van der Waals surface area contributed by atoms with Crippen molar-refractivity contribution in [2.24, 2.45) is 5.84 Å². The minimum absolute atomic E-state index is 0.153. The van der Waals surface area contributed by atoms with Crippen molar-refractivity contribution in [2.75, 3.05) is 13.2 Å². The Morgan fingerprint density at radius 1 is 1.20 bits per heavy atom. The fourth-order valence-electron chi connectivity index (χ4n) is 2.19. The average Bonchev–Trinajstić information content (AvgIpc) is 2.75. The highest BCUT2D eigenvalue weighted by Gasteiger charge is 2.20. The first-order valence-corrected chi connectivity index (χ1v) is 7.64. The summed E-state index contributed by atoms with van der Waals surface area (Å²) in [6, 6.07) is 7.58. The Morgan fingerprint density at radius 3 is 2.70 bits per heavy atom. The first-order chi connectivity index (χ1) is 9.79. The molecule has 1 unspecified atom stereocenters. The van der Waals surface area contributed by atoms with E-state index < -0.39 is 0 Å². The van der Waals surface area contributed by atoms with Crippen molar-refractivity contribution in [2.45, 2.75) is 12.5 Å². The van der Waals surface area contributed by atoms with Crippen molar-refractivity contribution in [1.29, 1.82) is 0 Å². The summed E-state index contributed by atoms with van der Waals surface area (Å²) in [6.07, 6.45) is 0.888. The smallest absolute Gasteiger partial charge is 0.161 e. The highest BCUT2D eigenvalue weighted by atomic mass is 35.5. The van der Waals surface area contributed by atoms with E-state index >= 15 is 0 Å². The maximum Gasteiger partial charge on any atom is 0.161 e. The third-order valence-electron chi connectivity index (χ3n) is 3.18. The molecule has 0 fully saturated rings. The molecule has 2 aromatic rings. The van der Waals surface area contributed by atoms with Crippen LogP contribution in [0.3, 0.4) is 0 Å². The molecule has 106 valence electrons. The number of rotatable bonds is 3. The fraction of sp³-hybridized carbons (Fsp3) is 0.286. The zero-order valence-electron chi connectivity index (χ0n) is 10.8. The molecule has 1 aromatic heterocycles. The van der Waals surface area contributed by atoms with E-state index in [4.69, 9.17) is 26.9 Å². The third-order valence-corrected chi connectivity index (χ3v) is 4.60. The second-order valence-electron chi connectivity index (χ2n) is 4.49. The first-order valence-electron chi connectivity index (χ1n) is 6.38. The van der Waals surface area contributed by atoms with Crippen molar-refractivity contribution in [3.63, 3.8) is 0 Å². The van der Waals surface area contributed by atoms with E-state index in [0.717, 1.165) is 28.4 Å². The second kappa shape index (κ2) is 6.01. The molecular formula is C14H15ClN2O2S. The number of hydrogen-bond acceptors (Lipinski definition) is 5. The van der Waals surface area contributed by atoms with E-state index in [1.54, 1.807) is 11.3 Å². The lowest BCUT2D eigenvalue weighted by Crippen LogP contribution is -2.28. The molecule has 1 aliphatic rings. The molecule has 0 saturated heterocycles. The van der Waals surface area contributed by atoms with Crippen LogP contribution >= 0.6 is 22.9 Å². The van der Waals surface area contributed by atoms with Gasteiger partial charge in [-0.3, -0.25) is 5.84 Å². The van der Waals surface area contributed by atoms with E-state index in [1.807, 2.05) is 29.6 Å². The SMILES string of the molecule is NNC(c1ccc2c(c1)OCCCO2)c1sccc1Cl. The van der Waals surface area contributed by atoms with Crippen molar-refractivity contribution in [3.05, 3.63) is 45.1 Å². The Balaban J connectivity index is 1.96. The van der Waals surface area contributed by atoms with Gasteiger partial charge in [-0.25, -0.2) is 5.43 Å². The van der Waals surface area contributed by atoms with Gasteiger partial charge in [0.2, 0.25) is 0 Å². The van der Waals surface area contributed by atoms with Gasteiger partial charge in [-0.05, 0) is 29.1 Å². The number of benzene rings is 1. The summed E-state index contributed by atoms with van der Waals surface area (Å²) in [5, 5.41) is 2.66. The van der Waals surface area contributed by atoms with Gasteiger partial charge in [-0.15, -0.1) is 11.3 Å². The summed E-state index contributed by atoms with van der Waals surface area (Å²) >= 11 is 7.76. The van der Waals surface area contributed by atoms with Crippen LogP contribution in [0, 0.1) is 0 Å². The third kappa shape index (κ3) is 2.62. The number of hydrazine groups is 1. The van der Waals surface area contributed by atoms with Crippen LogP contribution in [0.15, 0.2) is 29.6 Å². The van der Waals surface area contributed by atoms with E-state index in [1.165, 1.54) is 0 Å². The predicted molar refractivity (Wildman–Crippen MR) is 80.5 cm³/mol. The van der Waals surface area contributed by atoms with Crippen LogP contribution in [0.1, 0.15) is 22.9 Å². The maximum atomic E-state index is 6.19. The van der Waals surface area contributed by atoms with Gasteiger partial charge < -0.3 is 9.47 Å². The number of halogens is 1. The molecule has 20 heavy (non-hydrogen) atoms. The lowest BCUT2D eigenvalue weighted by atomic mass is 10.1. The molecular weight excluding hydrogens is 296 g/mol. The molecule has 3 N–H and O–H groups in total. The quantitative estimate of drug-likeness (QED) is 0.675. The van der Waals surface area contributed by atoms with Crippen LogP contribution in [0.4, 0.5) is 0 Å². The molecule has 3 rings (SSSR count). The molecule has 1 aromatic carbocycles. The Labute approximate surface area is 126 Å². The molecule has 1 atom stereocenters. The minimum Gasteiger partial charge on any atom is -0.490 e. The number of nitrogens with one attached hydrogen (secondary N) is 1. The van der Waals surface area contributed by atoms with Crippen molar-refractivity contribution < 1.29 is 9.47 Å². The van der Waals surface area contributed by atoms with E-state index in [9.17, 15) is 0 Å². The molecule has 0 radical (unpaired) electrons. The Bertz CT molecular complexity index is 603. The number of fused-ring (bicyclic) bond motifs is 1. The van der Waals surface area contributed by atoms with Crippen LogP contribution in [0.2, 0.25) is 5.02 Å². The molecule has 2 heterocycles. The Morgan fingerprint density at radius 2 is 2.00 bits per heavy atom. The highest BCUT2D eigenvalue weighted by Crippen LogP contribution is 2.37. The molecule has 0 amide bonds. The summed E-state index contributed by atoms with van der Waals surface area (Å²) in [7, 11) is 0. The van der Waals surface area contributed by atoms with Crippen LogP contribution in [-0.4, -0.2) is 13.2 Å². The average molecular weight is 311 g/mol. The molecule has 4 nitrogen and oxygen atoms in total. The van der Waals surface area contributed by atoms with Gasteiger partial charge in [0.15, 0.2) is 11.5 Å². The normalized spacial score (nSPS) is 15.7. The molecule has 6 heteroatoms. The molecule has 0 aliphatic carbocycles. The highest BCUT2D eigenvalue weighted by molar-refractivity contribution is 7.10. The standard InChI is InChI=1S/C14H15ClN2O2S/c15-10-4-7-20-14(10)13(17-16)9-2-3-11-12(8-9)19-6-1-5-18-11/h2-4,7-8,13,17H,1,5-6,16H2. The van der Waals surface area contributed by atoms with Gasteiger partial charge >= 0.3 is 0 Å². The monoisotopic (exact) mass is 310 g/mol. The number of ether oxygens (including phenoxy) is 2. The number of thiophene rings is 1. The zero-order chi connectivity index (χ0) is 13.9. The van der Waals surface area contributed by atoms with Crippen molar-refractivity contribution in [3.8, 4) is 11.5 Å². The minimum atomic E-state index is -0.153. The first kappa shape index (κ1) is 13.7. The van der Waals surface area contributed by atoms with Gasteiger partial charge in [-0.1, -0.05) is 17.7 Å². The van der Waals surface area contributed by atoms with Gasteiger partial charge in [0.25, 0.3) is 0 Å². The van der Waals surface area contributed by atoms with Crippen LogP contribution in [0.5, 0.6) is 11.5 Å².